The second kappa shape index (κ2) is 5.99. The predicted octanol–water partition coefficient (Wildman–Crippen LogP) is 2.77. The van der Waals surface area contributed by atoms with Gasteiger partial charge in [0.25, 0.3) is 6.43 Å². The Morgan fingerprint density at radius 2 is 1.78 bits per heavy atom. The lowest BCUT2D eigenvalue weighted by molar-refractivity contribution is -0.137. The molecule has 0 fully saturated rings. The molecule has 0 amide bonds. The summed E-state index contributed by atoms with van der Waals surface area (Å²) in [6.07, 6.45) is -7.40. The highest BCUT2D eigenvalue weighted by molar-refractivity contribution is 5.55. The molecule has 1 aromatic rings. The summed E-state index contributed by atoms with van der Waals surface area (Å²) < 4.78 is 62.8. The molecule has 0 saturated heterocycles. The molecule has 0 saturated carbocycles. The zero-order valence-electron chi connectivity index (χ0n) is 9.29. The molecular formula is C11H12F5NO. The van der Waals surface area contributed by atoms with Crippen molar-refractivity contribution >= 4 is 5.69 Å². The fraction of sp³-hybridized carbons (Fsp3) is 0.455. The van der Waals surface area contributed by atoms with Gasteiger partial charge in [0.2, 0.25) is 0 Å². The predicted molar refractivity (Wildman–Crippen MR) is 56.7 cm³/mol. The van der Waals surface area contributed by atoms with Gasteiger partial charge in [-0.05, 0) is 12.1 Å². The number of aliphatic hydroxyl groups is 1. The van der Waals surface area contributed by atoms with Crippen LogP contribution in [0.5, 0.6) is 0 Å². The van der Waals surface area contributed by atoms with Gasteiger partial charge >= 0.3 is 6.18 Å². The first-order valence-electron chi connectivity index (χ1n) is 5.16. The first-order chi connectivity index (χ1) is 8.36. The van der Waals surface area contributed by atoms with E-state index >= 15 is 0 Å². The molecule has 0 bridgehead atoms. The number of halogens is 5. The minimum absolute atomic E-state index is 0.280. The van der Waals surface area contributed by atoms with Crippen LogP contribution in [0.4, 0.5) is 27.6 Å². The number of aliphatic hydroxyl groups excluding tert-OH is 1. The normalized spacial score (nSPS) is 11.9. The van der Waals surface area contributed by atoms with E-state index in [1.165, 1.54) is 12.1 Å². The summed E-state index contributed by atoms with van der Waals surface area (Å²) in [5.41, 5.74) is -1.33. The number of anilines is 1. The van der Waals surface area contributed by atoms with Crippen molar-refractivity contribution in [1.82, 2.24) is 0 Å². The van der Waals surface area contributed by atoms with Gasteiger partial charge in [0.15, 0.2) is 0 Å². The van der Waals surface area contributed by atoms with Crippen LogP contribution in [0.15, 0.2) is 24.3 Å². The average molecular weight is 269 g/mol. The number of nitrogens with zero attached hydrogens (tertiary/aromatic N) is 1. The lowest BCUT2D eigenvalue weighted by Crippen LogP contribution is -2.33. The summed E-state index contributed by atoms with van der Waals surface area (Å²) >= 11 is 0. The Bertz CT molecular complexity index is 380. The van der Waals surface area contributed by atoms with Crippen LogP contribution in [0.2, 0.25) is 0 Å². The van der Waals surface area contributed by atoms with Crippen molar-refractivity contribution in [3.05, 3.63) is 29.8 Å². The molecule has 0 spiro atoms. The number of hydrogen-bond acceptors (Lipinski definition) is 2. The van der Waals surface area contributed by atoms with E-state index in [9.17, 15) is 22.0 Å². The van der Waals surface area contributed by atoms with Crippen molar-refractivity contribution < 1.29 is 27.1 Å². The monoisotopic (exact) mass is 269 g/mol. The zero-order chi connectivity index (χ0) is 13.8. The van der Waals surface area contributed by atoms with Gasteiger partial charge < -0.3 is 10.0 Å². The van der Waals surface area contributed by atoms with E-state index in [4.69, 9.17) is 5.11 Å². The van der Waals surface area contributed by atoms with Gasteiger partial charge in [-0.25, -0.2) is 8.78 Å². The minimum atomic E-state index is -4.62. The molecule has 18 heavy (non-hydrogen) atoms. The molecule has 0 aliphatic rings. The van der Waals surface area contributed by atoms with Gasteiger partial charge in [0.1, 0.15) is 0 Å². The van der Waals surface area contributed by atoms with E-state index < -0.39 is 31.3 Å². The molecule has 1 rings (SSSR count). The maximum atomic E-state index is 12.7. The third-order valence-electron chi connectivity index (χ3n) is 2.28. The number of hydrogen-bond donors (Lipinski definition) is 1. The fourth-order valence-corrected chi connectivity index (χ4v) is 1.59. The quantitative estimate of drug-likeness (QED) is 0.831. The topological polar surface area (TPSA) is 23.5 Å². The smallest absolute Gasteiger partial charge is 0.395 e. The van der Waals surface area contributed by atoms with Crippen molar-refractivity contribution in [2.75, 3.05) is 24.6 Å². The van der Waals surface area contributed by atoms with Crippen molar-refractivity contribution in [3.63, 3.8) is 0 Å². The highest BCUT2D eigenvalue weighted by atomic mass is 19.4. The Hall–Kier alpha value is -1.37. The van der Waals surface area contributed by atoms with Crippen LogP contribution in [0, 0.1) is 0 Å². The first kappa shape index (κ1) is 14.7. The maximum Gasteiger partial charge on any atom is 0.418 e. The van der Waals surface area contributed by atoms with E-state index in [1.54, 1.807) is 0 Å². The number of alkyl halides is 5. The largest absolute Gasteiger partial charge is 0.418 e. The van der Waals surface area contributed by atoms with Crippen LogP contribution >= 0.6 is 0 Å². The molecule has 7 heteroatoms. The van der Waals surface area contributed by atoms with Crippen LogP contribution in [0.25, 0.3) is 0 Å². The molecule has 0 atom stereocenters. The van der Waals surface area contributed by atoms with Crippen molar-refractivity contribution in [1.29, 1.82) is 0 Å². The molecule has 0 heterocycles. The molecule has 0 unspecified atom stereocenters. The van der Waals surface area contributed by atoms with Gasteiger partial charge in [-0.2, -0.15) is 13.2 Å². The summed E-state index contributed by atoms with van der Waals surface area (Å²) in [7, 11) is 0. The van der Waals surface area contributed by atoms with E-state index in [0.29, 0.717) is 0 Å². The lowest BCUT2D eigenvalue weighted by Gasteiger charge is -2.26. The Balaban J connectivity index is 3.11. The maximum absolute atomic E-state index is 12.7. The highest BCUT2D eigenvalue weighted by Gasteiger charge is 2.34. The van der Waals surface area contributed by atoms with Gasteiger partial charge in [0, 0.05) is 12.2 Å². The number of benzene rings is 1. The molecule has 2 nitrogen and oxygen atoms in total. The highest BCUT2D eigenvalue weighted by Crippen LogP contribution is 2.36. The molecule has 0 aliphatic carbocycles. The molecule has 0 aromatic heterocycles. The van der Waals surface area contributed by atoms with Crippen LogP contribution in [0.3, 0.4) is 0 Å². The third kappa shape index (κ3) is 3.83. The number of para-hydroxylation sites is 1. The molecular weight excluding hydrogens is 257 g/mol. The SMILES string of the molecule is OCCN(CC(F)F)c1ccccc1C(F)(F)F. The summed E-state index contributed by atoms with van der Waals surface area (Å²) in [4.78, 5) is 0.827. The van der Waals surface area contributed by atoms with Crippen LogP contribution in [-0.4, -0.2) is 31.2 Å². The Morgan fingerprint density at radius 1 is 1.17 bits per heavy atom. The zero-order valence-corrected chi connectivity index (χ0v) is 9.29. The number of rotatable bonds is 5. The first-order valence-corrected chi connectivity index (χ1v) is 5.16. The van der Waals surface area contributed by atoms with Crippen LogP contribution in [0.1, 0.15) is 5.56 Å². The van der Waals surface area contributed by atoms with Crippen molar-refractivity contribution in [3.8, 4) is 0 Å². The third-order valence-corrected chi connectivity index (χ3v) is 2.28. The van der Waals surface area contributed by atoms with Crippen molar-refractivity contribution in [2.24, 2.45) is 0 Å². The van der Waals surface area contributed by atoms with E-state index in [-0.39, 0.29) is 12.2 Å². The molecule has 1 aromatic carbocycles. The fourth-order valence-electron chi connectivity index (χ4n) is 1.59. The van der Waals surface area contributed by atoms with E-state index in [2.05, 4.69) is 0 Å². The van der Waals surface area contributed by atoms with Gasteiger partial charge in [-0.15, -0.1) is 0 Å². The van der Waals surface area contributed by atoms with E-state index in [1.807, 2.05) is 0 Å². The summed E-state index contributed by atoms with van der Waals surface area (Å²) in [6, 6.07) is 4.46. The standard InChI is InChI=1S/C11H12F5NO/c12-10(13)7-17(5-6-18)9-4-2-1-3-8(9)11(14,15)16/h1-4,10,18H,5-7H2. The van der Waals surface area contributed by atoms with Crippen LogP contribution < -0.4 is 4.90 Å². The van der Waals surface area contributed by atoms with Gasteiger partial charge in [-0.3, -0.25) is 0 Å². The van der Waals surface area contributed by atoms with Crippen molar-refractivity contribution in [2.45, 2.75) is 12.6 Å². The summed E-state index contributed by atoms with van der Waals surface area (Å²) in [5.74, 6) is 0. The summed E-state index contributed by atoms with van der Waals surface area (Å²) in [6.45, 7) is -1.63. The molecule has 0 radical (unpaired) electrons. The second-order valence-electron chi connectivity index (χ2n) is 3.58. The molecule has 1 N–H and O–H groups in total. The summed E-state index contributed by atoms with van der Waals surface area (Å²) in [5, 5.41) is 8.74. The lowest BCUT2D eigenvalue weighted by atomic mass is 10.1. The Kier molecular flexibility index (Phi) is 4.89. The molecule has 102 valence electrons. The van der Waals surface area contributed by atoms with Gasteiger partial charge in [-0.1, -0.05) is 12.1 Å². The van der Waals surface area contributed by atoms with Gasteiger partial charge in [0.05, 0.1) is 18.7 Å². The molecule has 0 aliphatic heterocycles. The minimum Gasteiger partial charge on any atom is -0.395 e. The Morgan fingerprint density at radius 3 is 2.28 bits per heavy atom. The second-order valence-corrected chi connectivity index (χ2v) is 3.58. The Labute approximate surface area is 101 Å². The van der Waals surface area contributed by atoms with E-state index in [0.717, 1.165) is 17.0 Å². The average Bonchev–Trinajstić information content (AvgIpc) is 2.27. The van der Waals surface area contributed by atoms with Crippen LogP contribution in [-0.2, 0) is 6.18 Å².